The Morgan fingerprint density at radius 2 is 2.25 bits per heavy atom. The molecule has 1 aliphatic rings. The molecule has 2 nitrogen and oxygen atoms in total. The molecule has 1 heterocycles. The van der Waals surface area contributed by atoms with Crippen LogP contribution in [0.25, 0.3) is 0 Å². The van der Waals surface area contributed by atoms with E-state index in [1.165, 1.54) is 0 Å². The summed E-state index contributed by atoms with van der Waals surface area (Å²) in [5.74, 6) is 0. The summed E-state index contributed by atoms with van der Waals surface area (Å²) in [6.45, 7) is 2.98. The second kappa shape index (κ2) is 2.03. The van der Waals surface area contributed by atoms with E-state index in [0.29, 0.717) is 6.04 Å². The van der Waals surface area contributed by atoms with Gasteiger partial charge < -0.3 is 10.0 Å². The van der Waals surface area contributed by atoms with Crippen LogP contribution in [0.2, 0.25) is 0 Å². The second-order valence-electron chi connectivity index (χ2n) is 2.68. The number of hydrogen-bond donors (Lipinski definition) is 1. The highest BCUT2D eigenvalue weighted by Gasteiger charge is 2.23. The number of likely N-dealkylation sites (tertiary alicyclic amines) is 1. The maximum absolute atomic E-state index is 9.03. The smallest absolute Gasteiger partial charge is 0.0681 e. The molecule has 0 aromatic rings. The van der Waals surface area contributed by atoms with E-state index in [-0.39, 0.29) is 6.10 Å². The van der Waals surface area contributed by atoms with E-state index >= 15 is 0 Å². The molecule has 8 heavy (non-hydrogen) atoms. The SMILES string of the molecule is C[C@@H]1C[C@@H](O)CN1C. The lowest BCUT2D eigenvalue weighted by Gasteiger charge is -2.11. The standard InChI is InChI=1S/C6H13NO/c1-5-3-6(8)4-7(5)2/h5-6,8H,3-4H2,1-2H3/t5-,6-/m1/s1. The second-order valence-corrected chi connectivity index (χ2v) is 2.68. The molecule has 1 saturated heterocycles. The fourth-order valence-electron chi connectivity index (χ4n) is 1.16. The van der Waals surface area contributed by atoms with Gasteiger partial charge in [0, 0.05) is 12.6 Å². The first-order valence-corrected chi connectivity index (χ1v) is 3.08. The van der Waals surface area contributed by atoms with E-state index in [0.717, 1.165) is 13.0 Å². The Morgan fingerprint density at radius 1 is 1.62 bits per heavy atom. The molecule has 2 atom stereocenters. The van der Waals surface area contributed by atoms with Gasteiger partial charge in [-0.25, -0.2) is 0 Å². The Bertz CT molecular complexity index is 74.6. The van der Waals surface area contributed by atoms with E-state index in [1.54, 1.807) is 0 Å². The van der Waals surface area contributed by atoms with Crippen LogP contribution < -0.4 is 0 Å². The summed E-state index contributed by atoms with van der Waals surface area (Å²) in [6, 6.07) is 0.574. The van der Waals surface area contributed by atoms with Crippen molar-refractivity contribution in [2.75, 3.05) is 13.6 Å². The number of likely N-dealkylation sites (N-methyl/N-ethyl adjacent to an activating group) is 1. The summed E-state index contributed by atoms with van der Waals surface area (Å²) in [5.41, 5.74) is 0. The molecule has 2 heteroatoms. The summed E-state index contributed by atoms with van der Waals surface area (Å²) in [5, 5.41) is 9.03. The number of aliphatic hydroxyl groups is 1. The molecule has 0 bridgehead atoms. The van der Waals surface area contributed by atoms with E-state index < -0.39 is 0 Å². The fourth-order valence-corrected chi connectivity index (χ4v) is 1.16. The van der Waals surface area contributed by atoms with Gasteiger partial charge >= 0.3 is 0 Å². The molecule has 0 saturated carbocycles. The highest BCUT2D eigenvalue weighted by atomic mass is 16.3. The van der Waals surface area contributed by atoms with E-state index in [4.69, 9.17) is 5.11 Å². The van der Waals surface area contributed by atoms with Gasteiger partial charge in [-0.05, 0) is 20.4 Å². The molecular formula is C6H13NO. The van der Waals surface area contributed by atoms with Gasteiger partial charge in [0.05, 0.1) is 6.10 Å². The van der Waals surface area contributed by atoms with Crippen molar-refractivity contribution in [3.63, 3.8) is 0 Å². The molecule has 48 valence electrons. The maximum Gasteiger partial charge on any atom is 0.0681 e. The first-order valence-electron chi connectivity index (χ1n) is 3.08. The minimum Gasteiger partial charge on any atom is -0.392 e. The number of rotatable bonds is 0. The van der Waals surface area contributed by atoms with Gasteiger partial charge in [-0.2, -0.15) is 0 Å². The van der Waals surface area contributed by atoms with Crippen LogP contribution in [-0.4, -0.2) is 35.7 Å². The zero-order valence-corrected chi connectivity index (χ0v) is 5.46. The first-order chi connectivity index (χ1) is 3.70. The lowest BCUT2D eigenvalue weighted by Crippen LogP contribution is -2.21. The molecule has 0 spiro atoms. The third-order valence-corrected chi connectivity index (χ3v) is 1.86. The van der Waals surface area contributed by atoms with Crippen LogP contribution >= 0.6 is 0 Å². The van der Waals surface area contributed by atoms with Crippen molar-refractivity contribution in [1.82, 2.24) is 4.90 Å². The summed E-state index contributed by atoms with van der Waals surface area (Å²) < 4.78 is 0. The predicted octanol–water partition coefficient (Wildman–Crippen LogP) is 0.0713. The van der Waals surface area contributed by atoms with Crippen molar-refractivity contribution >= 4 is 0 Å². The molecule has 1 aliphatic heterocycles. The van der Waals surface area contributed by atoms with Crippen LogP contribution in [0.3, 0.4) is 0 Å². The molecule has 0 radical (unpaired) electrons. The Labute approximate surface area is 50.1 Å². The molecule has 0 aliphatic carbocycles. The van der Waals surface area contributed by atoms with Crippen molar-refractivity contribution in [2.24, 2.45) is 0 Å². The van der Waals surface area contributed by atoms with Crippen molar-refractivity contribution in [2.45, 2.75) is 25.5 Å². The van der Waals surface area contributed by atoms with E-state index in [9.17, 15) is 0 Å². The fraction of sp³-hybridized carbons (Fsp3) is 1.00. The van der Waals surface area contributed by atoms with Gasteiger partial charge in [0.1, 0.15) is 0 Å². The minimum absolute atomic E-state index is 0.0741. The van der Waals surface area contributed by atoms with Crippen LogP contribution in [0.15, 0.2) is 0 Å². The Hall–Kier alpha value is -0.0800. The van der Waals surface area contributed by atoms with Crippen LogP contribution in [0.5, 0.6) is 0 Å². The lowest BCUT2D eigenvalue weighted by atomic mass is 10.2. The average molecular weight is 115 g/mol. The lowest BCUT2D eigenvalue weighted by molar-refractivity contribution is 0.182. The maximum atomic E-state index is 9.03. The number of β-amino-alcohol motifs (C(OH)–C–C–N with tert-alkyl or cyclic N) is 1. The monoisotopic (exact) mass is 115 g/mol. The molecule has 0 aromatic heterocycles. The van der Waals surface area contributed by atoms with Gasteiger partial charge in [-0.3, -0.25) is 0 Å². The Balaban J connectivity index is 2.39. The number of hydrogen-bond acceptors (Lipinski definition) is 2. The van der Waals surface area contributed by atoms with Gasteiger partial charge in [-0.15, -0.1) is 0 Å². The summed E-state index contributed by atoms with van der Waals surface area (Å²) >= 11 is 0. The Kier molecular flexibility index (Phi) is 1.54. The Morgan fingerprint density at radius 3 is 2.38 bits per heavy atom. The largest absolute Gasteiger partial charge is 0.392 e. The molecule has 0 aromatic carbocycles. The van der Waals surface area contributed by atoms with Gasteiger partial charge in [0.25, 0.3) is 0 Å². The van der Waals surface area contributed by atoms with Crippen LogP contribution in [0.1, 0.15) is 13.3 Å². The van der Waals surface area contributed by atoms with E-state index in [2.05, 4.69) is 11.8 Å². The van der Waals surface area contributed by atoms with Crippen molar-refractivity contribution in [3.05, 3.63) is 0 Å². The normalized spacial score (nSPS) is 40.9. The average Bonchev–Trinajstić information content (AvgIpc) is 1.85. The topological polar surface area (TPSA) is 23.5 Å². The minimum atomic E-state index is -0.0741. The first kappa shape index (κ1) is 6.05. The van der Waals surface area contributed by atoms with Crippen molar-refractivity contribution < 1.29 is 5.11 Å². The van der Waals surface area contributed by atoms with Crippen molar-refractivity contribution in [3.8, 4) is 0 Å². The molecule has 1 rings (SSSR count). The number of aliphatic hydroxyl groups excluding tert-OH is 1. The number of nitrogens with zero attached hydrogens (tertiary/aromatic N) is 1. The van der Waals surface area contributed by atoms with Crippen LogP contribution in [0.4, 0.5) is 0 Å². The van der Waals surface area contributed by atoms with Gasteiger partial charge in [0.2, 0.25) is 0 Å². The van der Waals surface area contributed by atoms with Gasteiger partial charge in [0.15, 0.2) is 0 Å². The van der Waals surface area contributed by atoms with Crippen LogP contribution in [-0.2, 0) is 0 Å². The zero-order valence-electron chi connectivity index (χ0n) is 5.46. The third kappa shape index (κ3) is 1.01. The van der Waals surface area contributed by atoms with Crippen molar-refractivity contribution in [1.29, 1.82) is 0 Å². The molecule has 0 amide bonds. The summed E-state index contributed by atoms with van der Waals surface area (Å²) in [6.07, 6.45) is 0.867. The molecule has 0 unspecified atom stereocenters. The molecule has 1 N–H and O–H groups in total. The highest BCUT2D eigenvalue weighted by Crippen LogP contribution is 2.13. The van der Waals surface area contributed by atoms with Crippen LogP contribution in [0, 0.1) is 0 Å². The highest BCUT2D eigenvalue weighted by molar-refractivity contribution is 4.78. The molecule has 1 fully saturated rings. The quantitative estimate of drug-likeness (QED) is 0.483. The zero-order chi connectivity index (χ0) is 6.15. The van der Waals surface area contributed by atoms with E-state index in [1.807, 2.05) is 7.05 Å². The molecular weight excluding hydrogens is 102 g/mol. The summed E-state index contributed by atoms with van der Waals surface area (Å²) in [4.78, 5) is 2.17. The third-order valence-electron chi connectivity index (χ3n) is 1.86. The van der Waals surface area contributed by atoms with Gasteiger partial charge in [-0.1, -0.05) is 0 Å². The summed E-state index contributed by atoms with van der Waals surface area (Å²) in [7, 11) is 2.04. The predicted molar refractivity (Wildman–Crippen MR) is 32.7 cm³/mol.